The highest BCUT2D eigenvalue weighted by Crippen LogP contribution is 2.22. The van der Waals surface area contributed by atoms with Crippen LogP contribution in [0.25, 0.3) is 16.7 Å². The van der Waals surface area contributed by atoms with Crippen LogP contribution in [0.4, 0.5) is 0 Å². The summed E-state index contributed by atoms with van der Waals surface area (Å²) in [5, 5.41) is 0. The number of ether oxygens (including phenoxy) is 1. The summed E-state index contributed by atoms with van der Waals surface area (Å²) in [5.74, 6) is 1.74. The molecule has 0 aliphatic carbocycles. The number of nitrogens with zero attached hydrogens (tertiary/aromatic N) is 2. The number of benzene rings is 3. The van der Waals surface area contributed by atoms with E-state index >= 15 is 0 Å². The number of imidazole rings is 1. The Kier molecular flexibility index (Phi) is 3.53. The lowest BCUT2D eigenvalue weighted by atomic mass is 10.3. The predicted octanol–water partition coefficient (Wildman–Crippen LogP) is 4.60. The standard InChI is InChI=1S/C20H16N2O/c1-3-9-16(10-4-1)22-19-14-8-7-13-18(19)21-20(22)15-23-17-11-5-2-6-12-17/h1-14H,15H2. The quantitative estimate of drug-likeness (QED) is 0.550. The minimum atomic E-state index is 0.424. The number of fused-ring (bicyclic) bond motifs is 1. The Hall–Kier alpha value is -3.07. The molecule has 112 valence electrons. The van der Waals surface area contributed by atoms with Crippen molar-refractivity contribution in [2.24, 2.45) is 0 Å². The molecule has 3 nitrogen and oxygen atoms in total. The molecule has 0 saturated heterocycles. The van der Waals surface area contributed by atoms with Crippen LogP contribution < -0.4 is 4.74 Å². The lowest BCUT2D eigenvalue weighted by Crippen LogP contribution is -2.05. The van der Waals surface area contributed by atoms with E-state index in [4.69, 9.17) is 9.72 Å². The van der Waals surface area contributed by atoms with Crippen LogP contribution in [0.1, 0.15) is 5.82 Å². The third-order valence-corrected chi connectivity index (χ3v) is 3.76. The molecule has 0 unspecified atom stereocenters. The normalized spacial score (nSPS) is 10.8. The molecule has 0 atom stereocenters. The number of aromatic nitrogens is 2. The van der Waals surface area contributed by atoms with Gasteiger partial charge in [0.25, 0.3) is 0 Å². The van der Waals surface area contributed by atoms with Gasteiger partial charge in [-0.3, -0.25) is 4.57 Å². The summed E-state index contributed by atoms with van der Waals surface area (Å²) < 4.78 is 8.05. The smallest absolute Gasteiger partial charge is 0.152 e. The minimum absolute atomic E-state index is 0.424. The lowest BCUT2D eigenvalue weighted by Gasteiger charge is -2.10. The van der Waals surface area contributed by atoms with Gasteiger partial charge in [0.15, 0.2) is 5.82 Å². The molecule has 0 aliphatic rings. The molecular formula is C20H16N2O. The average molecular weight is 300 g/mol. The summed E-state index contributed by atoms with van der Waals surface area (Å²) in [6, 6.07) is 28.2. The summed E-state index contributed by atoms with van der Waals surface area (Å²) in [5.41, 5.74) is 3.15. The Morgan fingerprint density at radius 1 is 0.739 bits per heavy atom. The Bertz CT molecular complexity index is 914. The van der Waals surface area contributed by atoms with E-state index in [0.717, 1.165) is 28.3 Å². The van der Waals surface area contributed by atoms with Gasteiger partial charge in [0.2, 0.25) is 0 Å². The van der Waals surface area contributed by atoms with Gasteiger partial charge in [-0.25, -0.2) is 4.98 Å². The minimum Gasteiger partial charge on any atom is -0.486 e. The van der Waals surface area contributed by atoms with Crippen molar-refractivity contribution in [3.63, 3.8) is 0 Å². The van der Waals surface area contributed by atoms with E-state index in [-0.39, 0.29) is 0 Å². The molecule has 0 saturated carbocycles. The molecule has 0 fully saturated rings. The molecule has 4 rings (SSSR count). The van der Waals surface area contributed by atoms with Crippen LogP contribution in [0.3, 0.4) is 0 Å². The average Bonchev–Trinajstić information content (AvgIpc) is 3.00. The fraction of sp³-hybridized carbons (Fsp3) is 0.0500. The van der Waals surface area contributed by atoms with E-state index in [0.29, 0.717) is 6.61 Å². The molecule has 0 amide bonds. The highest BCUT2D eigenvalue weighted by atomic mass is 16.5. The predicted molar refractivity (Wildman–Crippen MR) is 91.8 cm³/mol. The molecule has 0 N–H and O–H groups in total. The first-order valence-electron chi connectivity index (χ1n) is 7.61. The van der Waals surface area contributed by atoms with Crippen molar-refractivity contribution < 1.29 is 4.74 Å². The van der Waals surface area contributed by atoms with Crippen molar-refractivity contribution >= 4 is 11.0 Å². The van der Waals surface area contributed by atoms with E-state index in [2.05, 4.69) is 22.8 Å². The number of para-hydroxylation sites is 4. The molecule has 0 radical (unpaired) electrons. The zero-order valence-electron chi connectivity index (χ0n) is 12.6. The van der Waals surface area contributed by atoms with E-state index in [1.165, 1.54) is 0 Å². The third-order valence-electron chi connectivity index (χ3n) is 3.76. The molecule has 0 bridgehead atoms. The fourth-order valence-corrected chi connectivity index (χ4v) is 2.70. The summed E-state index contributed by atoms with van der Waals surface area (Å²) >= 11 is 0. The maximum absolute atomic E-state index is 5.90. The van der Waals surface area contributed by atoms with Gasteiger partial charge < -0.3 is 4.74 Å². The van der Waals surface area contributed by atoms with Crippen molar-refractivity contribution in [1.29, 1.82) is 0 Å². The Labute approximate surface area is 134 Å². The van der Waals surface area contributed by atoms with Crippen molar-refractivity contribution in [2.75, 3.05) is 0 Å². The first-order valence-corrected chi connectivity index (χ1v) is 7.61. The largest absolute Gasteiger partial charge is 0.486 e. The summed E-state index contributed by atoms with van der Waals surface area (Å²) in [4.78, 5) is 4.74. The topological polar surface area (TPSA) is 27.1 Å². The number of rotatable bonds is 4. The number of hydrogen-bond acceptors (Lipinski definition) is 2. The van der Waals surface area contributed by atoms with Crippen molar-refractivity contribution in [1.82, 2.24) is 9.55 Å². The number of hydrogen-bond donors (Lipinski definition) is 0. The van der Waals surface area contributed by atoms with Gasteiger partial charge in [-0.1, -0.05) is 48.5 Å². The van der Waals surface area contributed by atoms with Gasteiger partial charge >= 0.3 is 0 Å². The summed E-state index contributed by atoms with van der Waals surface area (Å²) in [6.45, 7) is 0.424. The van der Waals surface area contributed by atoms with Gasteiger partial charge in [-0.2, -0.15) is 0 Å². The lowest BCUT2D eigenvalue weighted by molar-refractivity contribution is 0.294. The molecule has 3 aromatic carbocycles. The maximum atomic E-state index is 5.90. The first kappa shape index (κ1) is 13.6. The molecular weight excluding hydrogens is 284 g/mol. The molecule has 3 heteroatoms. The molecule has 23 heavy (non-hydrogen) atoms. The second-order valence-corrected chi connectivity index (χ2v) is 5.29. The second kappa shape index (κ2) is 5.97. The molecule has 4 aromatic rings. The molecule has 1 aromatic heterocycles. The summed E-state index contributed by atoms with van der Waals surface area (Å²) in [7, 11) is 0. The van der Waals surface area contributed by atoms with Crippen LogP contribution in [0.2, 0.25) is 0 Å². The molecule has 1 heterocycles. The van der Waals surface area contributed by atoms with Crippen molar-refractivity contribution in [3.05, 3.63) is 90.8 Å². The SMILES string of the molecule is c1ccc(OCc2nc3ccccc3n2-c2ccccc2)cc1. The summed E-state index contributed by atoms with van der Waals surface area (Å²) in [6.07, 6.45) is 0. The Morgan fingerprint density at radius 2 is 1.39 bits per heavy atom. The monoisotopic (exact) mass is 300 g/mol. The van der Waals surface area contributed by atoms with E-state index in [1.54, 1.807) is 0 Å². The van der Waals surface area contributed by atoms with E-state index in [9.17, 15) is 0 Å². The van der Waals surface area contributed by atoms with Crippen LogP contribution in [0.5, 0.6) is 5.75 Å². The van der Waals surface area contributed by atoms with E-state index < -0.39 is 0 Å². The Balaban J connectivity index is 1.76. The third kappa shape index (κ3) is 2.69. The van der Waals surface area contributed by atoms with Gasteiger partial charge in [-0.15, -0.1) is 0 Å². The van der Waals surface area contributed by atoms with Crippen LogP contribution in [-0.2, 0) is 6.61 Å². The second-order valence-electron chi connectivity index (χ2n) is 5.29. The molecule has 0 spiro atoms. The van der Waals surface area contributed by atoms with Gasteiger partial charge in [0.05, 0.1) is 11.0 Å². The van der Waals surface area contributed by atoms with Crippen LogP contribution in [0.15, 0.2) is 84.9 Å². The van der Waals surface area contributed by atoms with E-state index in [1.807, 2.05) is 66.7 Å². The molecule has 0 aliphatic heterocycles. The Morgan fingerprint density at radius 3 is 2.17 bits per heavy atom. The zero-order valence-corrected chi connectivity index (χ0v) is 12.6. The highest BCUT2D eigenvalue weighted by molar-refractivity contribution is 5.78. The van der Waals surface area contributed by atoms with Crippen LogP contribution in [-0.4, -0.2) is 9.55 Å². The van der Waals surface area contributed by atoms with Crippen molar-refractivity contribution in [3.8, 4) is 11.4 Å². The highest BCUT2D eigenvalue weighted by Gasteiger charge is 2.12. The van der Waals surface area contributed by atoms with Gasteiger partial charge in [-0.05, 0) is 36.4 Å². The zero-order chi connectivity index (χ0) is 15.5. The fourth-order valence-electron chi connectivity index (χ4n) is 2.70. The van der Waals surface area contributed by atoms with Crippen LogP contribution >= 0.6 is 0 Å². The maximum Gasteiger partial charge on any atom is 0.152 e. The van der Waals surface area contributed by atoms with Crippen molar-refractivity contribution in [2.45, 2.75) is 6.61 Å². The van der Waals surface area contributed by atoms with Gasteiger partial charge in [0.1, 0.15) is 12.4 Å². The first-order chi connectivity index (χ1) is 11.4. The van der Waals surface area contributed by atoms with Gasteiger partial charge in [0, 0.05) is 5.69 Å². The van der Waals surface area contributed by atoms with Crippen LogP contribution in [0, 0.1) is 0 Å².